The molecule has 7 heteroatoms. The Labute approximate surface area is 191 Å². The summed E-state index contributed by atoms with van der Waals surface area (Å²) in [4.78, 5) is 26.6. The summed E-state index contributed by atoms with van der Waals surface area (Å²) in [5.74, 6) is 0.366. The molecule has 1 aliphatic heterocycles. The molecule has 0 N–H and O–H groups in total. The Kier molecular flexibility index (Phi) is 6.27. The topological polar surface area (TPSA) is 46.6 Å². The summed E-state index contributed by atoms with van der Waals surface area (Å²) in [6, 6.07) is 22.0. The van der Waals surface area contributed by atoms with E-state index in [1.54, 1.807) is 30.3 Å². The molecule has 1 aliphatic rings. The molecule has 0 unspecified atom stereocenters. The van der Waals surface area contributed by atoms with Crippen molar-refractivity contribution in [2.24, 2.45) is 0 Å². The highest BCUT2D eigenvalue weighted by Gasteiger charge is 2.36. The number of ether oxygens (including phenoxy) is 1. The van der Waals surface area contributed by atoms with Crippen LogP contribution in [-0.4, -0.2) is 11.1 Å². The third-order valence-corrected chi connectivity index (χ3v) is 5.99. The van der Waals surface area contributed by atoms with Crippen molar-refractivity contribution in [2.75, 3.05) is 4.90 Å². The first-order chi connectivity index (χ1) is 14.5. The predicted octanol–water partition coefficient (Wildman–Crippen LogP) is 6.92. The van der Waals surface area contributed by atoms with Crippen LogP contribution in [0.3, 0.4) is 0 Å². The third kappa shape index (κ3) is 4.78. The lowest BCUT2D eigenvalue weighted by molar-refractivity contribution is -0.113. The minimum absolute atomic E-state index is 0.344. The number of thioether (sulfide) groups is 1. The predicted molar refractivity (Wildman–Crippen MR) is 125 cm³/mol. The van der Waals surface area contributed by atoms with Gasteiger partial charge in [0, 0.05) is 9.50 Å². The van der Waals surface area contributed by atoms with Crippen molar-refractivity contribution in [3.8, 4) is 5.75 Å². The van der Waals surface area contributed by atoms with Gasteiger partial charge >= 0.3 is 0 Å². The molecule has 30 heavy (non-hydrogen) atoms. The number of amides is 2. The van der Waals surface area contributed by atoms with E-state index < -0.39 is 0 Å². The van der Waals surface area contributed by atoms with Crippen LogP contribution in [0.5, 0.6) is 5.75 Å². The lowest BCUT2D eigenvalue weighted by Crippen LogP contribution is -2.27. The molecule has 0 spiro atoms. The molecule has 1 fully saturated rings. The van der Waals surface area contributed by atoms with Gasteiger partial charge in [0.2, 0.25) is 0 Å². The van der Waals surface area contributed by atoms with E-state index in [9.17, 15) is 9.59 Å². The van der Waals surface area contributed by atoms with Crippen LogP contribution in [0.15, 0.2) is 82.2 Å². The summed E-state index contributed by atoms with van der Waals surface area (Å²) in [6.45, 7) is 0.463. The summed E-state index contributed by atoms with van der Waals surface area (Å²) >= 11 is 10.3. The number of hydrogen-bond acceptors (Lipinski definition) is 4. The van der Waals surface area contributed by atoms with Crippen LogP contribution >= 0.6 is 39.3 Å². The largest absolute Gasteiger partial charge is 0.489 e. The van der Waals surface area contributed by atoms with Gasteiger partial charge in [0.1, 0.15) is 12.4 Å². The van der Waals surface area contributed by atoms with E-state index in [-0.39, 0.29) is 11.1 Å². The van der Waals surface area contributed by atoms with Gasteiger partial charge in [0.25, 0.3) is 11.1 Å². The van der Waals surface area contributed by atoms with Gasteiger partial charge in [-0.15, -0.1) is 0 Å². The fraction of sp³-hybridized carbons (Fsp3) is 0.0435. The quantitative estimate of drug-likeness (QED) is 0.357. The average Bonchev–Trinajstić information content (AvgIpc) is 3.01. The number of benzene rings is 3. The molecule has 0 bridgehead atoms. The zero-order valence-electron chi connectivity index (χ0n) is 15.5. The fourth-order valence-electron chi connectivity index (χ4n) is 2.86. The Morgan fingerprint density at radius 3 is 2.43 bits per heavy atom. The maximum Gasteiger partial charge on any atom is 0.298 e. The standard InChI is InChI=1S/C23H15BrClNO3S/c24-17-8-4-16(5-9-17)14-29-20-10-6-15(7-11-20)12-21-22(27)26(23(28)30-21)19-3-1-2-18(25)13-19/h1-13H,14H2/b21-12+. The summed E-state index contributed by atoms with van der Waals surface area (Å²) in [5.41, 5.74) is 2.34. The molecule has 0 saturated carbocycles. The summed E-state index contributed by atoms with van der Waals surface area (Å²) < 4.78 is 6.82. The van der Waals surface area contributed by atoms with E-state index in [1.807, 2.05) is 48.5 Å². The minimum atomic E-state index is -0.358. The smallest absolute Gasteiger partial charge is 0.298 e. The molecule has 1 heterocycles. The van der Waals surface area contributed by atoms with Gasteiger partial charge in [0.05, 0.1) is 10.6 Å². The zero-order chi connectivity index (χ0) is 21.1. The molecular formula is C23H15BrClNO3S. The summed E-state index contributed by atoms with van der Waals surface area (Å²) in [6.07, 6.45) is 1.70. The number of nitrogens with zero attached hydrogens (tertiary/aromatic N) is 1. The molecule has 4 rings (SSSR count). The highest BCUT2D eigenvalue weighted by atomic mass is 79.9. The first-order valence-electron chi connectivity index (χ1n) is 9.00. The minimum Gasteiger partial charge on any atom is -0.489 e. The Morgan fingerprint density at radius 1 is 1.00 bits per heavy atom. The van der Waals surface area contributed by atoms with Crippen LogP contribution in [0.1, 0.15) is 11.1 Å². The van der Waals surface area contributed by atoms with Gasteiger partial charge in [-0.05, 0) is 71.4 Å². The van der Waals surface area contributed by atoms with Gasteiger partial charge < -0.3 is 4.74 Å². The molecule has 0 aromatic heterocycles. The van der Waals surface area contributed by atoms with Crippen molar-refractivity contribution in [2.45, 2.75) is 6.61 Å². The van der Waals surface area contributed by atoms with Gasteiger partial charge in [-0.1, -0.05) is 57.9 Å². The Hall–Kier alpha value is -2.54. The normalized spacial score (nSPS) is 15.1. The number of halogens is 2. The third-order valence-electron chi connectivity index (χ3n) is 4.36. The molecule has 3 aromatic carbocycles. The monoisotopic (exact) mass is 499 g/mol. The van der Waals surface area contributed by atoms with Crippen LogP contribution in [0.2, 0.25) is 5.02 Å². The summed E-state index contributed by atoms with van der Waals surface area (Å²) in [5, 5.41) is 0.122. The van der Waals surface area contributed by atoms with Crippen molar-refractivity contribution in [1.82, 2.24) is 0 Å². The fourth-order valence-corrected chi connectivity index (χ4v) is 4.15. The van der Waals surface area contributed by atoms with E-state index in [0.717, 1.165) is 38.0 Å². The van der Waals surface area contributed by atoms with E-state index in [1.165, 1.54) is 0 Å². The second kappa shape index (κ2) is 9.08. The van der Waals surface area contributed by atoms with Crippen LogP contribution < -0.4 is 9.64 Å². The molecular weight excluding hydrogens is 486 g/mol. The van der Waals surface area contributed by atoms with Crippen molar-refractivity contribution in [3.63, 3.8) is 0 Å². The number of imide groups is 1. The highest BCUT2D eigenvalue weighted by Crippen LogP contribution is 2.36. The second-order valence-corrected chi connectivity index (χ2v) is 8.83. The maximum absolute atomic E-state index is 12.7. The van der Waals surface area contributed by atoms with Crippen LogP contribution in [-0.2, 0) is 11.4 Å². The number of anilines is 1. The average molecular weight is 501 g/mol. The number of hydrogen-bond donors (Lipinski definition) is 0. The molecule has 3 aromatic rings. The Balaban J connectivity index is 1.45. The molecule has 0 aliphatic carbocycles. The lowest BCUT2D eigenvalue weighted by atomic mass is 10.2. The first kappa shape index (κ1) is 20.7. The van der Waals surface area contributed by atoms with Gasteiger partial charge in [-0.3, -0.25) is 9.59 Å². The molecule has 0 atom stereocenters. The van der Waals surface area contributed by atoms with Gasteiger partial charge in [-0.25, -0.2) is 4.90 Å². The highest BCUT2D eigenvalue weighted by molar-refractivity contribution is 9.10. The van der Waals surface area contributed by atoms with Crippen molar-refractivity contribution >= 4 is 62.2 Å². The first-order valence-corrected chi connectivity index (χ1v) is 11.0. The van der Waals surface area contributed by atoms with E-state index in [2.05, 4.69) is 15.9 Å². The molecule has 150 valence electrons. The maximum atomic E-state index is 12.7. The Bertz CT molecular complexity index is 1130. The second-order valence-electron chi connectivity index (χ2n) is 6.48. The van der Waals surface area contributed by atoms with E-state index in [4.69, 9.17) is 16.3 Å². The van der Waals surface area contributed by atoms with Crippen molar-refractivity contribution in [1.29, 1.82) is 0 Å². The Morgan fingerprint density at radius 2 is 1.73 bits per heavy atom. The number of carbonyl (C=O) groups is 2. The zero-order valence-corrected chi connectivity index (χ0v) is 18.7. The molecule has 1 saturated heterocycles. The molecule has 0 radical (unpaired) electrons. The van der Waals surface area contributed by atoms with Crippen molar-refractivity contribution < 1.29 is 14.3 Å². The summed E-state index contributed by atoms with van der Waals surface area (Å²) in [7, 11) is 0. The van der Waals surface area contributed by atoms with Crippen LogP contribution in [0, 0.1) is 0 Å². The van der Waals surface area contributed by atoms with Crippen LogP contribution in [0.4, 0.5) is 10.5 Å². The van der Waals surface area contributed by atoms with Crippen LogP contribution in [0.25, 0.3) is 6.08 Å². The number of carbonyl (C=O) groups excluding carboxylic acids is 2. The van der Waals surface area contributed by atoms with E-state index >= 15 is 0 Å². The number of rotatable bonds is 5. The van der Waals surface area contributed by atoms with Gasteiger partial charge in [-0.2, -0.15) is 0 Å². The van der Waals surface area contributed by atoms with E-state index in [0.29, 0.717) is 22.2 Å². The van der Waals surface area contributed by atoms with Gasteiger partial charge in [0.15, 0.2) is 0 Å². The molecule has 4 nitrogen and oxygen atoms in total. The van der Waals surface area contributed by atoms with Crippen molar-refractivity contribution in [3.05, 3.63) is 98.3 Å². The molecule has 2 amide bonds. The lowest BCUT2D eigenvalue weighted by Gasteiger charge is -2.12. The SMILES string of the molecule is O=C1S/C(=C/c2ccc(OCc3ccc(Br)cc3)cc2)C(=O)N1c1cccc(Cl)c1.